The number of carbonyl (C=O) groups is 1. The second kappa shape index (κ2) is 8.29. The van der Waals surface area contributed by atoms with Gasteiger partial charge in [0.2, 0.25) is 5.91 Å². The van der Waals surface area contributed by atoms with E-state index in [2.05, 4.69) is 19.2 Å². The number of allylic oxidation sites excluding steroid dienone is 1. The summed E-state index contributed by atoms with van der Waals surface area (Å²) in [4.78, 5) is 11.5. The molecular weight excluding hydrogens is 214 g/mol. The van der Waals surface area contributed by atoms with Gasteiger partial charge in [0.05, 0.1) is 6.61 Å². The average molecular weight is 239 g/mol. The Hall–Kier alpha value is -0.830. The summed E-state index contributed by atoms with van der Waals surface area (Å²) in [5.74, 6) is 1.21. The summed E-state index contributed by atoms with van der Waals surface area (Å²) in [6.45, 7) is 6.79. The molecule has 1 heterocycles. The van der Waals surface area contributed by atoms with Crippen molar-refractivity contribution < 1.29 is 9.53 Å². The molecule has 0 bridgehead atoms. The Labute approximate surface area is 105 Å². The molecular formula is C14H25NO2. The molecule has 0 aromatic heterocycles. The number of rotatable bonds is 7. The number of carbonyl (C=O) groups excluding carboxylic acids is 1. The van der Waals surface area contributed by atoms with Crippen molar-refractivity contribution in [2.45, 2.75) is 39.5 Å². The summed E-state index contributed by atoms with van der Waals surface area (Å²) in [6.07, 6.45) is 8.16. The molecule has 3 nitrogen and oxygen atoms in total. The maximum atomic E-state index is 11.5. The molecule has 0 spiro atoms. The Morgan fingerprint density at radius 3 is 3.06 bits per heavy atom. The van der Waals surface area contributed by atoms with E-state index in [4.69, 9.17) is 4.74 Å². The van der Waals surface area contributed by atoms with Gasteiger partial charge >= 0.3 is 0 Å². The zero-order valence-corrected chi connectivity index (χ0v) is 11.1. The fourth-order valence-corrected chi connectivity index (χ4v) is 2.07. The molecule has 1 fully saturated rings. The minimum absolute atomic E-state index is 0.0283. The fraction of sp³-hybridized carbons (Fsp3) is 0.786. The normalized spacial score (nSPS) is 21.9. The van der Waals surface area contributed by atoms with Gasteiger partial charge in [0, 0.05) is 19.1 Å². The highest BCUT2D eigenvalue weighted by Crippen LogP contribution is 2.11. The van der Waals surface area contributed by atoms with Crippen LogP contribution in [0.1, 0.15) is 39.5 Å². The van der Waals surface area contributed by atoms with Gasteiger partial charge in [-0.15, -0.1) is 0 Å². The smallest absolute Gasteiger partial charge is 0.243 e. The highest BCUT2D eigenvalue weighted by molar-refractivity contribution is 5.87. The Balaban J connectivity index is 2.08. The van der Waals surface area contributed by atoms with Gasteiger partial charge in [-0.3, -0.25) is 4.79 Å². The van der Waals surface area contributed by atoms with Crippen molar-refractivity contribution in [3.8, 4) is 0 Å². The SMILES string of the molecule is CCCC(C)CC=CC(=O)NCC1CCOC1. The number of hydrogen-bond donors (Lipinski definition) is 1. The molecule has 3 heteroatoms. The van der Waals surface area contributed by atoms with Crippen LogP contribution in [0.5, 0.6) is 0 Å². The van der Waals surface area contributed by atoms with Crippen molar-refractivity contribution in [1.29, 1.82) is 0 Å². The van der Waals surface area contributed by atoms with Crippen LogP contribution in [0.15, 0.2) is 12.2 Å². The van der Waals surface area contributed by atoms with E-state index in [1.54, 1.807) is 6.08 Å². The van der Waals surface area contributed by atoms with Crippen molar-refractivity contribution in [2.24, 2.45) is 11.8 Å². The molecule has 1 aliphatic heterocycles. The molecule has 1 amide bonds. The van der Waals surface area contributed by atoms with Crippen LogP contribution in [0, 0.1) is 11.8 Å². The van der Waals surface area contributed by atoms with E-state index in [0.717, 1.165) is 32.6 Å². The molecule has 98 valence electrons. The summed E-state index contributed by atoms with van der Waals surface area (Å²) < 4.78 is 5.26. The van der Waals surface area contributed by atoms with E-state index in [9.17, 15) is 4.79 Å². The molecule has 2 atom stereocenters. The molecule has 2 unspecified atom stereocenters. The standard InChI is InChI=1S/C14H25NO2/c1-3-5-12(2)6-4-7-14(16)15-10-13-8-9-17-11-13/h4,7,12-13H,3,5-6,8-11H2,1-2H3,(H,15,16). The van der Waals surface area contributed by atoms with E-state index in [0.29, 0.717) is 11.8 Å². The quantitative estimate of drug-likeness (QED) is 0.693. The van der Waals surface area contributed by atoms with Crippen LogP contribution in [-0.2, 0) is 9.53 Å². The van der Waals surface area contributed by atoms with E-state index in [1.165, 1.54) is 12.8 Å². The zero-order chi connectivity index (χ0) is 12.5. The third-order valence-electron chi connectivity index (χ3n) is 3.18. The van der Waals surface area contributed by atoms with Gasteiger partial charge in [0.1, 0.15) is 0 Å². The predicted octanol–water partition coefficient (Wildman–Crippen LogP) is 2.52. The molecule has 0 aromatic carbocycles. The predicted molar refractivity (Wildman–Crippen MR) is 69.8 cm³/mol. The van der Waals surface area contributed by atoms with E-state index in [1.807, 2.05) is 6.08 Å². The first-order chi connectivity index (χ1) is 8.22. The summed E-state index contributed by atoms with van der Waals surface area (Å²) in [5.41, 5.74) is 0. The van der Waals surface area contributed by atoms with Crippen LogP contribution >= 0.6 is 0 Å². The van der Waals surface area contributed by atoms with Gasteiger partial charge < -0.3 is 10.1 Å². The number of ether oxygens (including phenoxy) is 1. The molecule has 0 radical (unpaired) electrons. The summed E-state index contributed by atoms with van der Waals surface area (Å²) in [5, 5.41) is 2.92. The summed E-state index contributed by atoms with van der Waals surface area (Å²) >= 11 is 0. The number of nitrogens with one attached hydrogen (secondary N) is 1. The number of amides is 1. The molecule has 17 heavy (non-hydrogen) atoms. The van der Waals surface area contributed by atoms with Crippen LogP contribution < -0.4 is 5.32 Å². The van der Waals surface area contributed by atoms with Crippen molar-refractivity contribution in [2.75, 3.05) is 19.8 Å². The Morgan fingerprint density at radius 2 is 2.41 bits per heavy atom. The third-order valence-corrected chi connectivity index (χ3v) is 3.18. The van der Waals surface area contributed by atoms with E-state index in [-0.39, 0.29) is 5.91 Å². The lowest BCUT2D eigenvalue weighted by molar-refractivity contribution is -0.116. The topological polar surface area (TPSA) is 38.3 Å². The van der Waals surface area contributed by atoms with Crippen molar-refractivity contribution in [3.05, 3.63) is 12.2 Å². The maximum Gasteiger partial charge on any atom is 0.243 e. The monoisotopic (exact) mass is 239 g/mol. The Bertz CT molecular complexity index is 245. The molecule has 0 saturated carbocycles. The highest BCUT2D eigenvalue weighted by Gasteiger charge is 2.15. The second-order valence-electron chi connectivity index (χ2n) is 5.01. The molecule has 1 saturated heterocycles. The van der Waals surface area contributed by atoms with Gasteiger partial charge in [0.25, 0.3) is 0 Å². The average Bonchev–Trinajstić information content (AvgIpc) is 2.79. The minimum atomic E-state index is 0.0283. The Morgan fingerprint density at radius 1 is 1.59 bits per heavy atom. The van der Waals surface area contributed by atoms with Gasteiger partial charge in [-0.25, -0.2) is 0 Å². The van der Waals surface area contributed by atoms with Crippen molar-refractivity contribution >= 4 is 5.91 Å². The van der Waals surface area contributed by atoms with Crippen LogP contribution in [0.4, 0.5) is 0 Å². The van der Waals surface area contributed by atoms with Gasteiger partial charge in [-0.05, 0) is 24.8 Å². The molecule has 0 aliphatic carbocycles. The summed E-state index contributed by atoms with van der Waals surface area (Å²) in [6, 6.07) is 0. The first-order valence-electron chi connectivity index (χ1n) is 6.74. The number of hydrogen-bond acceptors (Lipinski definition) is 2. The zero-order valence-electron chi connectivity index (χ0n) is 11.1. The van der Waals surface area contributed by atoms with E-state index < -0.39 is 0 Å². The van der Waals surface area contributed by atoms with Crippen LogP contribution in [0.3, 0.4) is 0 Å². The largest absolute Gasteiger partial charge is 0.381 e. The lowest BCUT2D eigenvalue weighted by Gasteiger charge is -2.08. The van der Waals surface area contributed by atoms with E-state index >= 15 is 0 Å². The Kier molecular flexibility index (Phi) is 6.94. The maximum absolute atomic E-state index is 11.5. The van der Waals surface area contributed by atoms with Gasteiger partial charge in [-0.2, -0.15) is 0 Å². The highest BCUT2D eigenvalue weighted by atomic mass is 16.5. The lowest BCUT2D eigenvalue weighted by Crippen LogP contribution is -2.27. The molecule has 1 N–H and O–H groups in total. The van der Waals surface area contributed by atoms with Crippen LogP contribution in [0.2, 0.25) is 0 Å². The minimum Gasteiger partial charge on any atom is -0.381 e. The fourth-order valence-electron chi connectivity index (χ4n) is 2.07. The lowest BCUT2D eigenvalue weighted by atomic mass is 10.0. The first kappa shape index (κ1) is 14.2. The molecule has 1 aliphatic rings. The van der Waals surface area contributed by atoms with Crippen molar-refractivity contribution in [3.63, 3.8) is 0 Å². The first-order valence-corrected chi connectivity index (χ1v) is 6.74. The molecule has 1 rings (SSSR count). The third kappa shape index (κ3) is 6.47. The van der Waals surface area contributed by atoms with Crippen LogP contribution in [0.25, 0.3) is 0 Å². The van der Waals surface area contributed by atoms with Crippen LogP contribution in [-0.4, -0.2) is 25.7 Å². The van der Waals surface area contributed by atoms with Gasteiger partial charge in [-0.1, -0.05) is 32.8 Å². The molecule has 0 aromatic rings. The van der Waals surface area contributed by atoms with Crippen molar-refractivity contribution in [1.82, 2.24) is 5.32 Å². The summed E-state index contributed by atoms with van der Waals surface area (Å²) in [7, 11) is 0. The van der Waals surface area contributed by atoms with Gasteiger partial charge in [0.15, 0.2) is 0 Å². The second-order valence-corrected chi connectivity index (χ2v) is 5.01.